The van der Waals surface area contributed by atoms with E-state index in [-0.39, 0.29) is 23.3 Å². The fourth-order valence-electron chi connectivity index (χ4n) is 11.4. The van der Waals surface area contributed by atoms with Crippen LogP contribution in [0.3, 0.4) is 0 Å². The molecule has 44 heavy (non-hydrogen) atoms. The second kappa shape index (κ2) is 11.7. The van der Waals surface area contributed by atoms with Gasteiger partial charge >= 0.3 is 0 Å². The molecular weight excluding hydrogens is 546 g/mol. The van der Waals surface area contributed by atoms with Gasteiger partial charge in [0.25, 0.3) is 0 Å². The third-order valence-corrected chi connectivity index (χ3v) is 13.6. The monoisotopic (exact) mass is 601 g/mol. The van der Waals surface area contributed by atoms with Crippen LogP contribution < -0.4 is 10.6 Å². The number of hydrogen-bond donors (Lipinski definition) is 2. The van der Waals surface area contributed by atoms with Crippen molar-refractivity contribution in [2.24, 2.45) is 35.0 Å². The van der Waals surface area contributed by atoms with Gasteiger partial charge in [0.05, 0.1) is 18.2 Å². The average molecular weight is 602 g/mol. The number of rotatable bonds is 6. The van der Waals surface area contributed by atoms with Gasteiger partial charge in [-0.1, -0.05) is 55.3 Å². The van der Waals surface area contributed by atoms with Gasteiger partial charge in [-0.25, -0.2) is 0 Å². The summed E-state index contributed by atoms with van der Waals surface area (Å²) in [4.78, 5) is 28.1. The normalized spacial score (nSPS) is 42.0. The number of nitrogens with zero attached hydrogens (tertiary/aromatic N) is 1. The van der Waals surface area contributed by atoms with Crippen LogP contribution in [0.25, 0.3) is 0 Å². The summed E-state index contributed by atoms with van der Waals surface area (Å²) >= 11 is 0. The predicted octanol–water partition coefficient (Wildman–Crippen LogP) is 6.05. The van der Waals surface area contributed by atoms with E-state index in [4.69, 9.17) is 4.74 Å². The van der Waals surface area contributed by atoms with Crippen LogP contribution in [0.2, 0.25) is 0 Å². The number of likely N-dealkylation sites (tertiary alicyclic amines) is 1. The van der Waals surface area contributed by atoms with Crippen LogP contribution in [0.15, 0.2) is 41.5 Å². The summed E-state index contributed by atoms with van der Waals surface area (Å²) in [5, 5.41) is 6.96. The number of carbonyl (C=O) groups excluding carboxylic acids is 2. The molecule has 6 nitrogen and oxygen atoms in total. The molecule has 0 bridgehead atoms. The molecule has 240 valence electrons. The topological polar surface area (TPSA) is 70.7 Å². The molecule has 9 atom stereocenters. The average Bonchev–Trinajstić information content (AvgIpc) is 3.50. The van der Waals surface area contributed by atoms with E-state index in [1.165, 1.54) is 31.2 Å². The first-order chi connectivity index (χ1) is 21.1. The molecule has 2 heterocycles. The van der Waals surface area contributed by atoms with Gasteiger partial charge in [0, 0.05) is 32.4 Å². The standard InChI is InChI=1S/C38H55N3O3/c1-25-18-34-38(39-4,41(22-25)23-35(43)40-17-14-27-8-6-5-7-9-27)24-37(44-34)16-13-30-31-11-10-28-19-29(42)12-15-36(28,3)33(31)20-32(30)26(2)21-37/h5-9,25,28,30-31,33-34,39H,10-24H2,1-4H3,(H,40,43). The van der Waals surface area contributed by atoms with Crippen molar-refractivity contribution >= 4 is 11.7 Å². The molecule has 3 saturated carbocycles. The highest BCUT2D eigenvalue weighted by molar-refractivity contribution is 5.79. The minimum atomic E-state index is -0.309. The minimum absolute atomic E-state index is 0.0889. The van der Waals surface area contributed by atoms with Gasteiger partial charge in [-0.15, -0.1) is 0 Å². The number of carbonyl (C=O) groups is 2. The van der Waals surface area contributed by atoms with Crippen LogP contribution in [0.5, 0.6) is 0 Å². The molecule has 1 amide bonds. The Balaban J connectivity index is 1.07. The van der Waals surface area contributed by atoms with Crippen LogP contribution in [0.4, 0.5) is 0 Å². The molecule has 6 heteroatoms. The van der Waals surface area contributed by atoms with Crippen molar-refractivity contribution in [1.29, 1.82) is 0 Å². The lowest BCUT2D eigenvalue weighted by atomic mass is 9.52. The zero-order valence-corrected chi connectivity index (χ0v) is 27.6. The number of Topliss-reactive ketones (excluding diaryl/α,β-unsaturated/α-hetero) is 1. The van der Waals surface area contributed by atoms with Crippen molar-refractivity contribution < 1.29 is 14.3 Å². The summed E-state index contributed by atoms with van der Waals surface area (Å²) in [6.45, 7) is 9.25. The van der Waals surface area contributed by atoms with Crippen LogP contribution >= 0.6 is 0 Å². The highest BCUT2D eigenvalue weighted by atomic mass is 16.5. The molecule has 2 N–H and O–H groups in total. The number of allylic oxidation sites excluding steroid dienone is 1. The van der Waals surface area contributed by atoms with E-state index in [1.807, 2.05) is 6.07 Å². The van der Waals surface area contributed by atoms with Crippen molar-refractivity contribution in [3.05, 3.63) is 47.0 Å². The van der Waals surface area contributed by atoms with Crippen LogP contribution in [0, 0.1) is 35.0 Å². The number of piperidine rings is 1. The van der Waals surface area contributed by atoms with Crippen LogP contribution in [-0.2, 0) is 20.7 Å². The molecule has 7 rings (SSSR count). The third-order valence-electron chi connectivity index (χ3n) is 13.6. The van der Waals surface area contributed by atoms with E-state index >= 15 is 0 Å². The number of amides is 1. The highest BCUT2D eigenvalue weighted by Crippen LogP contribution is 2.65. The lowest BCUT2D eigenvalue weighted by Gasteiger charge is -2.52. The molecule has 5 fully saturated rings. The lowest BCUT2D eigenvalue weighted by Crippen LogP contribution is -2.68. The summed E-state index contributed by atoms with van der Waals surface area (Å²) < 4.78 is 7.27. The van der Waals surface area contributed by atoms with Crippen LogP contribution in [0.1, 0.15) is 97.0 Å². The maximum atomic E-state index is 13.3. The molecule has 4 aliphatic carbocycles. The van der Waals surface area contributed by atoms with E-state index in [9.17, 15) is 9.59 Å². The summed E-state index contributed by atoms with van der Waals surface area (Å²) in [5.41, 5.74) is 4.43. The molecule has 2 saturated heterocycles. The maximum absolute atomic E-state index is 13.3. The van der Waals surface area contributed by atoms with Gasteiger partial charge < -0.3 is 10.1 Å². The van der Waals surface area contributed by atoms with Gasteiger partial charge in [-0.2, -0.15) is 0 Å². The number of ether oxygens (including phenoxy) is 1. The Morgan fingerprint density at radius 1 is 1.11 bits per heavy atom. The quantitative estimate of drug-likeness (QED) is 0.389. The Morgan fingerprint density at radius 3 is 2.73 bits per heavy atom. The van der Waals surface area contributed by atoms with Gasteiger partial charge in [-0.05, 0) is 112 Å². The van der Waals surface area contributed by atoms with E-state index in [0.29, 0.717) is 42.0 Å². The highest BCUT2D eigenvalue weighted by Gasteiger charge is 2.62. The lowest BCUT2D eigenvalue weighted by molar-refractivity contribution is -0.131. The maximum Gasteiger partial charge on any atom is 0.234 e. The largest absolute Gasteiger partial charge is 0.368 e. The van der Waals surface area contributed by atoms with E-state index in [2.05, 4.69) is 67.6 Å². The molecule has 9 unspecified atom stereocenters. The molecule has 6 aliphatic rings. The van der Waals surface area contributed by atoms with Crippen molar-refractivity contribution in [2.75, 3.05) is 26.7 Å². The Morgan fingerprint density at radius 2 is 1.93 bits per heavy atom. The molecule has 2 aliphatic heterocycles. The Kier molecular flexibility index (Phi) is 8.11. The van der Waals surface area contributed by atoms with Gasteiger partial charge in [0.2, 0.25) is 5.91 Å². The summed E-state index contributed by atoms with van der Waals surface area (Å²) in [7, 11) is 2.08. The first-order valence-electron chi connectivity index (χ1n) is 17.8. The zero-order chi connectivity index (χ0) is 30.7. The van der Waals surface area contributed by atoms with Gasteiger partial charge in [0.1, 0.15) is 11.4 Å². The van der Waals surface area contributed by atoms with Crippen LogP contribution in [-0.4, -0.2) is 60.6 Å². The number of nitrogens with one attached hydrogen (secondary N) is 2. The third kappa shape index (κ3) is 5.21. The number of hydrogen-bond acceptors (Lipinski definition) is 5. The zero-order valence-electron chi connectivity index (χ0n) is 27.6. The second-order valence-corrected chi connectivity index (χ2v) is 16.1. The molecule has 0 radical (unpaired) electrons. The predicted molar refractivity (Wildman–Crippen MR) is 174 cm³/mol. The first kappa shape index (κ1) is 30.6. The fourth-order valence-corrected chi connectivity index (χ4v) is 11.4. The fraction of sp³-hybridized carbons (Fsp3) is 0.737. The molecule has 0 aromatic heterocycles. The number of likely N-dealkylation sites (N-methyl/N-ethyl adjacent to an activating group) is 1. The van der Waals surface area contributed by atoms with Crippen molar-refractivity contribution in [3.63, 3.8) is 0 Å². The molecule has 1 aromatic carbocycles. The Bertz CT molecular complexity index is 1300. The number of fused-ring (bicyclic) bond motifs is 6. The summed E-state index contributed by atoms with van der Waals surface area (Å²) in [6.07, 6.45) is 12.8. The summed E-state index contributed by atoms with van der Waals surface area (Å²) in [6, 6.07) is 10.4. The van der Waals surface area contributed by atoms with Crippen molar-refractivity contribution in [2.45, 2.75) is 115 Å². The minimum Gasteiger partial charge on any atom is -0.368 e. The summed E-state index contributed by atoms with van der Waals surface area (Å²) in [5.74, 6) is 3.88. The number of ketones is 1. The first-order valence-corrected chi connectivity index (χ1v) is 17.8. The molecule has 1 aromatic rings. The van der Waals surface area contributed by atoms with E-state index in [1.54, 1.807) is 11.1 Å². The van der Waals surface area contributed by atoms with Crippen molar-refractivity contribution in [3.8, 4) is 0 Å². The second-order valence-electron chi connectivity index (χ2n) is 16.1. The van der Waals surface area contributed by atoms with E-state index < -0.39 is 0 Å². The van der Waals surface area contributed by atoms with Crippen molar-refractivity contribution in [1.82, 2.24) is 15.5 Å². The smallest absolute Gasteiger partial charge is 0.234 e. The van der Waals surface area contributed by atoms with E-state index in [0.717, 1.165) is 69.7 Å². The Hall–Kier alpha value is -2.02. The molecule has 1 spiro atoms. The Labute approximate surface area is 265 Å². The van der Waals surface area contributed by atoms with Gasteiger partial charge in [0.15, 0.2) is 0 Å². The number of benzene rings is 1. The van der Waals surface area contributed by atoms with Gasteiger partial charge in [-0.3, -0.25) is 19.8 Å². The molecular formula is C38H55N3O3. The SMILES string of the molecule is CNC12CC3(CCC4C(=C(C)C3)CC3C4CCC4CC(=O)CCC43C)OC1CC(C)CN2CC(=O)NCCc1ccccc1.